The quantitative estimate of drug-likeness (QED) is 0.883. The molecule has 0 aliphatic rings. The summed E-state index contributed by atoms with van der Waals surface area (Å²) in [6.07, 6.45) is 0. The molecule has 0 spiro atoms. The van der Waals surface area contributed by atoms with E-state index in [0.29, 0.717) is 24.3 Å². The normalized spacial score (nSPS) is 13.7. The van der Waals surface area contributed by atoms with E-state index < -0.39 is 0 Å². The molecule has 2 rings (SSSR count). The van der Waals surface area contributed by atoms with Crippen molar-refractivity contribution in [3.63, 3.8) is 0 Å². The summed E-state index contributed by atoms with van der Waals surface area (Å²) >= 11 is 0. The lowest BCUT2D eigenvalue weighted by Gasteiger charge is -2.20. The Morgan fingerprint density at radius 3 is 2.30 bits per heavy atom. The fourth-order valence-corrected chi connectivity index (χ4v) is 3.17. The van der Waals surface area contributed by atoms with Crippen molar-refractivity contribution in [3.8, 4) is 0 Å². The smallest absolute Gasteiger partial charge is 0.0482 e. The Kier molecular flexibility index (Phi) is 4.24. The molecule has 1 aromatic carbocycles. The van der Waals surface area contributed by atoms with Crippen molar-refractivity contribution in [1.29, 1.82) is 0 Å². The van der Waals surface area contributed by atoms with Crippen LogP contribution < -0.4 is 5.73 Å². The van der Waals surface area contributed by atoms with Crippen LogP contribution in [0, 0.1) is 12.8 Å². The molecule has 0 amide bonds. The van der Waals surface area contributed by atoms with Crippen LogP contribution in [-0.4, -0.2) is 11.1 Å². The standard InChI is InChI=1S/C18H28N2/c1-11(2)14-7-8-17-15(9-14)18(13(5)20(17)6)16(10-19)12(3)4/h7-9,11-12,16H,10,19H2,1-6H3. The average Bonchev–Trinajstić information content (AvgIpc) is 2.64. The van der Waals surface area contributed by atoms with Gasteiger partial charge in [0, 0.05) is 29.6 Å². The van der Waals surface area contributed by atoms with Crippen LogP contribution in [0.3, 0.4) is 0 Å². The molecule has 0 saturated heterocycles. The molecule has 1 unspecified atom stereocenters. The van der Waals surface area contributed by atoms with Gasteiger partial charge in [-0.1, -0.05) is 33.8 Å². The van der Waals surface area contributed by atoms with Gasteiger partial charge in [0.25, 0.3) is 0 Å². The van der Waals surface area contributed by atoms with E-state index in [-0.39, 0.29) is 0 Å². The lowest BCUT2D eigenvalue weighted by atomic mass is 9.86. The highest BCUT2D eigenvalue weighted by Gasteiger charge is 2.22. The molecule has 110 valence electrons. The molecule has 1 aromatic heterocycles. The monoisotopic (exact) mass is 272 g/mol. The van der Waals surface area contributed by atoms with Gasteiger partial charge in [-0.3, -0.25) is 0 Å². The van der Waals surface area contributed by atoms with Crippen LogP contribution in [0.4, 0.5) is 0 Å². The number of rotatable bonds is 4. The van der Waals surface area contributed by atoms with Crippen molar-refractivity contribution in [2.45, 2.75) is 46.5 Å². The molecule has 0 aliphatic carbocycles. The number of nitrogens with two attached hydrogens (primary N) is 1. The van der Waals surface area contributed by atoms with Crippen LogP contribution in [0.5, 0.6) is 0 Å². The number of benzene rings is 1. The first-order chi connectivity index (χ1) is 9.38. The van der Waals surface area contributed by atoms with Crippen molar-refractivity contribution in [2.75, 3.05) is 6.54 Å². The van der Waals surface area contributed by atoms with Gasteiger partial charge in [0.15, 0.2) is 0 Å². The van der Waals surface area contributed by atoms with Gasteiger partial charge in [-0.05, 0) is 48.6 Å². The maximum Gasteiger partial charge on any atom is 0.0482 e. The van der Waals surface area contributed by atoms with Crippen LogP contribution in [-0.2, 0) is 7.05 Å². The zero-order valence-electron chi connectivity index (χ0n) is 13.7. The molecule has 2 N–H and O–H groups in total. The van der Waals surface area contributed by atoms with Crippen molar-refractivity contribution < 1.29 is 0 Å². The maximum absolute atomic E-state index is 6.06. The van der Waals surface area contributed by atoms with E-state index in [1.54, 1.807) is 0 Å². The molecule has 0 bridgehead atoms. The van der Waals surface area contributed by atoms with E-state index in [0.717, 1.165) is 0 Å². The second kappa shape index (κ2) is 5.61. The first-order valence-corrected chi connectivity index (χ1v) is 7.67. The topological polar surface area (TPSA) is 30.9 Å². The Labute approximate surface area is 123 Å². The third-order valence-electron chi connectivity index (χ3n) is 4.66. The lowest BCUT2D eigenvalue weighted by molar-refractivity contribution is 0.505. The molecule has 0 saturated carbocycles. The van der Waals surface area contributed by atoms with Gasteiger partial charge in [0.05, 0.1) is 0 Å². The van der Waals surface area contributed by atoms with E-state index in [2.05, 4.69) is 64.4 Å². The predicted octanol–water partition coefficient (Wildman–Crippen LogP) is 4.31. The molecular weight excluding hydrogens is 244 g/mol. The maximum atomic E-state index is 6.06. The third-order valence-corrected chi connectivity index (χ3v) is 4.66. The average molecular weight is 272 g/mol. The Morgan fingerprint density at radius 1 is 1.15 bits per heavy atom. The van der Waals surface area contributed by atoms with E-state index >= 15 is 0 Å². The van der Waals surface area contributed by atoms with Gasteiger partial charge in [0.1, 0.15) is 0 Å². The van der Waals surface area contributed by atoms with Crippen LogP contribution in [0.1, 0.15) is 56.4 Å². The number of hydrogen-bond donors (Lipinski definition) is 1. The summed E-state index contributed by atoms with van der Waals surface area (Å²) in [6, 6.07) is 6.88. The molecule has 1 heterocycles. The lowest BCUT2D eigenvalue weighted by Crippen LogP contribution is -2.18. The summed E-state index contributed by atoms with van der Waals surface area (Å²) in [7, 11) is 2.16. The summed E-state index contributed by atoms with van der Waals surface area (Å²) in [5.41, 5.74) is 11.6. The minimum Gasteiger partial charge on any atom is -0.348 e. The molecular formula is C18H28N2. The number of aryl methyl sites for hydroxylation is 1. The van der Waals surface area contributed by atoms with Crippen molar-refractivity contribution in [3.05, 3.63) is 35.0 Å². The Morgan fingerprint density at radius 2 is 1.80 bits per heavy atom. The molecule has 1 atom stereocenters. The minimum absolute atomic E-state index is 0.432. The molecule has 2 heteroatoms. The molecule has 2 nitrogen and oxygen atoms in total. The van der Waals surface area contributed by atoms with Crippen molar-refractivity contribution in [2.24, 2.45) is 18.7 Å². The highest BCUT2D eigenvalue weighted by Crippen LogP contribution is 2.36. The molecule has 2 aromatic rings. The first kappa shape index (κ1) is 15.1. The predicted molar refractivity (Wildman–Crippen MR) is 88.4 cm³/mol. The SMILES string of the molecule is Cc1c(C(CN)C(C)C)c2cc(C(C)C)ccc2n1C. The summed E-state index contributed by atoms with van der Waals surface area (Å²) < 4.78 is 2.31. The number of fused-ring (bicyclic) bond motifs is 1. The molecule has 0 radical (unpaired) electrons. The van der Waals surface area contributed by atoms with Gasteiger partial charge in [0.2, 0.25) is 0 Å². The van der Waals surface area contributed by atoms with Gasteiger partial charge in [-0.25, -0.2) is 0 Å². The highest BCUT2D eigenvalue weighted by atomic mass is 14.9. The number of aromatic nitrogens is 1. The zero-order valence-corrected chi connectivity index (χ0v) is 13.7. The van der Waals surface area contributed by atoms with Crippen molar-refractivity contribution >= 4 is 10.9 Å². The number of hydrogen-bond acceptors (Lipinski definition) is 1. The summed E-state index contributed by atoms with van der Waals surface area (Å²) in [5, 5.41) is 1.39. The molecule has 0 aliphatic heterocycles. The summed E-state index contributed by atoms with van der Waals surface area (Å²) in [5.74, 6) is 1.55. The van der Waals surface area contributed by atoms with Crippen LogP contribution in [0.2, 0.25) is 0 Å². The second-order valence-corrected chi connectivity index (χ2v) is 6.58. The van der Waals surface area contributed by atoms with Crippen LogP contribution in [0.25, 0.3) is 10.9 Å². The largest absolute Gasteiger partial charge is 0.348 e. The highest BCUT2D eigenvalue weighted by molar-refractivity contribution is 5.87. The van der Waals surface area contributed by atoms with Gasteiger partial charge in [-0.15, -0.1) is 0 Å². The minimum atomic E-state index is 0.432. The van der Waals surface area contributed by atoms with Gasteiger partial charge < -0.3 is 10.3 Å². The van der Waals surface area contributed by atoms with E-state index in [4.69, 9.17) is 5.73 Å². The Hall–Kier alpha value is -1.28. The zero-order chi connectivity index (χ0) is 15.0. The number of nitrogens with zero attached hydrogens (tertiary/aromatic N) is 1. The van der Waals surface area contributed by atoms with E-state index in [1.165, 1.54) is 27.7 Å². The third kappa shape index (κ3) is 2.37. The second-order valence-electron chi connectivity index (χ2n) is 6.58. The summed E-state index contributed by atoms with van der Waals surface area (Å²) in [6.45, 7) is 12.0. The van der Waals surface area contributed by atoms with Gasteiger partial charge in [-0.2, -0.15) is 0 Å². The molecule has 0 fully saturated rings. The summed E-state index contributed by atoms with van der Waals surface area (Å²) in [4.78, 5) is 0. The van der Waals surface area contributed by atoms with E-state index in [1.807, 2.05) is 0 Å². The fraction of sp³-hybridized carbons (Fsp3) is 0.556. The molecule has 20 heavy (non-hydrogen) atoms. The van der Waals surface area contributed by atoms with Crippen LogP contribution in [0.15, 0.2) is 18.2 Å². The Bertz CT molecular complexity index is 605. The van der Waals surface area contributed by atoms with Gasteiger partial charge >= 0.3 is 0 Å². The van der Waals surface area contributed by atoms with E-state index in [9.17, 15) is 0 Å². The Balaban J connectivity index is 2.74. The van der Waals surface area contributed by atoms with Crippen LogP contribution >= 0.6 is 0 Å². The first-order valence-electron chi connectivity index (χ1n) is 7.67. The van der Waals surface area contributed by atoms with Crippen molar-refractivity contribution in [1.82, 2.24) is 4.57 Å². The fourth-order valence-electron chi connectivity index (χ4n) is 3.17.